The van der Waals surface area contributed by atoms with E-state index in [0.29, 0.717) is 10.7 Å². The molecule has 1 heterocycles. The lowest BCUT2D eigenvalue weighted by Gasteiger charge is -2.08. The number of nitrogens with zero attached hydrogens (tertiary/aromatic N) is 3. The van der Waals surface area contributed by atoms with Crippen molar-refractivity contribution in [3.05, 3.63) is 45.6 Å². The van der Waals surface area contributed by atoms with Crippen LogP contribution in [0.15, 0.2) is 30.5 Å². The number of amides is 1. The van der Waals surface area contributed by atoms with E-state index in [2.05, 4.69) is 20.6 Å². The van der Waals surface area contributed by atoms with Crippen molar-refractivity contribution in [3.63, 3.8) is 0 Å². The van der Waals surface area contributed by atoms with Crippen molar-refractivity contribution in [3.8, 4) is 0 Å². The molecule has 10 heteroatoms. The number of carbonyl (C=O) groups is 1. The van der Waals surface area contributed by atoms with E-state index >= 15 is 0 Å². The average molecular weight is 323 g/mol. The van der Waals surface area contributed by atoms with E-state index in [9.17, 15) is 14.9 Å². The lowest BCUT2D eigenvalue weighted by Crippen LogP contribution is -2.22. The van der Waals surface area contributed by atoms with E-state index in [0.717, 1.165) is 6.20 Å². The second-order valence-electron chi connectivity index (χ2n) is 4.14. The molecule has 0 fully saturated rings. The Kier molecular flexibility index (Phi) is 4.69. The second-order valence-corrected chi connectivity index (χ2v) is 4.57. The lowest BCUT2D eigenvalue weighted by atomic mass is 10.3. The summed E-state index contributed by atoms with van der Waals surface area (Å²) in [6.45, 7) is -0.280. The highest BCUT2D eigenvalue weighted by molar-refractivity contribution is 6.30. The van der Waals surface area contributed by atoms with Gasteiger partial charge < -0.3 is 16.4 Å². The number of hydrogen-bond acceptors (Lipinski definition) is 7. The number of nitro groups is 1. The van der Waals surface area contributed by atoms with Gasteiger partial charge in [-0.1, -0.05) is 11.6 Å². The van der Waals surface area contributed by atoms with Gasteiger partial charge in [-0.05, 0) is 24.3 Å². The lowest BCUT2D eigenvalue weighted by molar-refractivity contribution is -0.384. The minimum Gasteiger partial charge on any atom is -0.368 e. The number of nitrogens with two attached hydrogens (primary N) is 1. The Morgan fingerprint density at radius 2 is 2.05 bits per heavy atom. The molecule has 1 aromatic carbocycles. The predicted octanol–water partition coefficient (Wildman–Crippen LogP) is 1.68. The van der Waals surface area contributed by atoms with Gasteiger partial charge in [0.25, 0.3) is 0 Å². The summed E-state index contributed by atoms with van der Waals surface area (Å²) in [5.74, 6) is -0.643. The van der Waals surface area contributed by atoms with Crippen LogP contribution in [0.4, 0.5) is 23.1 Å². The summed E-state index contributed by atoms with van der Waals surface area (Å²) in [5, 5.41) is 16.8. The Morgan fingerprint density at radius 3 is 2.64 bits per heavy atom. The Bertz CT molecular complexity index is 707. The van der Waals surface area contributed by atoms with Gasteiger partial charge in [-0.2, -0.15) is 4.98 Å². The van der Waals surface area contributed by atoms with Crippen LogP contribution in [0, 0.1) is 10.1 Å². The summed E-state index contributed by atoms with van der Waals surface area (Å²) in [4.78, 5) is 28.9. The maximum absolute atomic E-state index is 10.9. The van der Waals surface area contributed by atoms with Crippen molar-refractivity contribution in [1.82, 2.24) is 9.97 Å². The molecule has 0 aliphatic rings. The highest BCUT2D eigenvalue weighted by Gasteiger charge is 2.17. The molecule has 9 nitrogen and oxygen atoms in total. The van der Waals surface area contributed by atoms with Crippen molar-refractivity contribution in [2.75, 3.05) is 17.2 Å². The third kappa shape index (κ3) is 4.03. The topological polar surface area (TPSA) is 136 Å². The van der Waals surface area contributed by atoms with Gasteiger partial charge in [-0.3, -0.25) is 14.9 Å². The molecule has 0 spiro atoms. The van der Waals surface area contributed by atoms with Crippen LogP contribution in [0.25, 0.3) is 0 Å². The van der Waals surface area contributed by atoms with E-state index in [1.807, 2.05) is 0 Å². The number of benzene rings is 1. The molecule has 0 aliphatic carbocycles. The van der Waals surface area contributed by atoms with E-state index in [-0.39, 0.29) is 24.0 Å². The molecule has 2 aromatic rings. The van der Waals surface area contributed by atoms with E-state index in [1.54, 1.807) is 24.3 Å². The summed E-state index contributed by atoms with van der Waals surface area (Å²) < 4.78 is 0. The first-order chi connectivity index (χ1) is 10.5. The minimum absolute atomic E-state index is 0.102. The summed E-state index contributed by atoms with van der Waals surface area (Å²) in [6, 6.07) is 6.73. The number of primary amides is 1. The summed E-state index contributed by atoms with van der Waals surface area (Å²) in [6.07, 6.45) is 1.04. The number of hydrogen-bond donors (Lipinski definition) is 3. The normalized spacial score (nSPS) is 10.0. The van der Waals surface area contributed by atoms with Crippen molar-refractivity contribution in [2.24, 2.45) is 5.73 Å². The molecule has 2 rings (SSSR count). The Morgan fingerprint density at radius 1 is 1.36 bits per heavy atom. The zero-order valence-electron chi connectivity index (χ0n) is 11.1. The molecule has 0 unspecified atom stereocenters. The molecule has 1 aromatic heterocycles. The molecular weight excluding hydrogens is 312 g/mol. The molecule has 0 saturated carbocycles. The molecule has 4 N–H and O–H groups in total. The molecular formula is C12H11ClN6O3. The van der Waals surface area contributed by atoms with Crippen molar-refractivity contribution in [1.29, 1.82) is 0 Å². The van der Waals surface area contributed by atoms with Crippen LogP contribution >= 0.6 is 11.6 Å². The number of nitrogens with one attached hydrogen (secondary N) is 2. The number of rotatable bonds is 6. The van der Waals surface area contributed by atoms with Crippen LogP contribution in [-0.4, -0.2) is 27.3 Å². The minimum atomic E-state index is -0.667. The highest BCUT2D eigenvalue weighted by Crippen LogP contribution is 2.23. The number of anilines is 3. The van der Waals surface area contributed by atoms with Crippen molar-refractivity contribution < 1.29 is 9.72 Å². The van der Waals surface area contributed by atoms with Crippen molar-refractivity contribution in [2.45, 2.75) is 0 Å². The van der Waals surface area contributed by atoms with Gasteiger partial charge in [-0.25, -0.2) is 4.98 Å². The van der Waals surface area contributed by atoms with Crippen LogP contribution < -0.4 is 16.4 Å². The van der Waals surface area contributed by atoms with Gasteiger partial charge in [0.15, 0.2) is 0 Å². The van der Waals surface area contributed by atoms with Gasteiger partial charge in [0.2, 0.25) is 17.7 Å². The zero-order chi connectivity index (χ0) is 16.1. The highest BCUT2D eigenvalue weighted by atomic mass is 35.5. The third-order valence-corrected chi connectivity index (χ3v) is 2.75. The third-order valence-electron chi connectivity index (χ3n) is 2.50. The number of carbonyl (C=O) groups excluding carboxylic acids is 1. The summed E-state index contributed by atoms with van der Waals surface area (Å²) in [5.41, 5.74) is 5.29. The number of halogens is 1. The number of aromatic nitrogens is 2. The standard InChI is InChI=1S/C12H11ClN6O3/c13-7-1-3-8(4-2-7)17-12-16-5-9(19(21)22)11(18-12)15-6-10(14)20/h1-5H,6H2,(H2,14,20)(H2,15,16,17,18). The van der Waals surface area contributed by atoms with E-state index in [1.165, 1.54) is 0 Å². The SMILES string of the molecule is NC(=O)CNc1nc(Nc2ccc(Cl)cc2)ncc1[N+](=O)[O-]. The molecule has 1 amide bonds. The Hall–Kier alpha value is -2.94. The molecule has 0 atom stereocenters. The molecule has 22 heavy (non-hydrogen) atoms. The van der Waals surface area contributed by atoms with Gasteiger partial charge in [0.05, 0.1) is 11.5 Å². The Balaban J connectivity index is 2.25. The second kappa shape index (κ2) is 6.68. The molecule has 0 saturated heterocycles. The first-order valence-electron chi connectivity index (χ1n) is 6.02. The van der Waals surface area contributed by atoms with Crippen LogP contribution in [-0.2, 0) is 4.79 Å². The predicted molar refractivity (Wildman–Crippen MR) is 81.1 cm³/mol. The fourth-order valence-corrected chi connectivity index (χ4v) is 1.66. The first kappa shape index (κ1) is 15.4. The summed E-state index contributed by atoms with van der Waals surface area (Å²) >= 11 is 5.78. The van der Waals surface area contributed by atoms with Gasteiger partial charge >= 0.3 is 5.69 Å². The smallest absolute Gasteiger partial charge is 0.329 e. The fourth-order valence-electron chi connectivity index (χ4n) is 1.53. The summed E-state index contributed by atoms with van der Waals surface area (Å²) in [7, 11) is 0. The molecule has 114 valence electrons. The van der Waals surface area contributed by atoms with Crippen LogP contribution in [0.5, 0.6) is 0 Å². The van der Waals surface area contributed by atoms with Gasteiger partial charge in [0, 0.05) is 10.7 Å². The molecule has 0 bridgehead atoms. The Labute approximate surface area is 129 Å². The quantitative estimate of drug-likeness (QED) is 0.543. The van der Waals surface area contributed by atoms with Crippen LogP contribution in [0.3, 0.4) is 0 Å². The molecule has 0 radical (unpaired) electrons. The van der Waals surface area contributed by atoms with Gasteiger partial charge in [0.1, 0.15) is 6.20 Å². The van der Waals surface area contributed by atoms with Crippen LogP contribution in [0.2, 0.25) is 5.02 Å². The van der Waals surface area contributed by atoms with E-state index in [4.69, 9.17) is 17.3 Å². The first-order valence-corrected chi connectivity index (χ1v) is 6.39. The monoisotopic (exact) mass is 322 g/mol. The van der Waals surface area contributed by atoms with Crippen LogP contribution in [0.1, 0.15) is 0 Å². The van der Waals surface area contributed by atoms with Crippen molar-refractivity contribution >= 4 is 40.6 Å². The maximum atomic E-state index is 10.9. The van der Waals surface area contributed by atoms with Gasteiger partial charge in [-0.15, -0.1) is 0 Å². The zero-order valence-corrected chi connectivity index (χ0v) is 11.9. The molecule has 0 aliphatic heterocycles. The maximum Gasteiger partial charge on any atom is 0.329 e. The fraction of sp³-hybridized carbons (Fsp3) is 0.0833. The van der Waals surface area contributed by atoms with E-state index < -0.39 is 10.8 Å². The largest absolute Gasteiger partial charge is 0.368 e. The average Bonchev–Trinajstić information content (AvgIpc) is 2.47.